The van der Waals surface area contributed by atoms with Crippen molar-refractivity contribution >= 4 is 11.6 Å². The molecule has 1 aromatic rings. The van der Waals surface area contributed by atoms with Crippen molar-refractivity contribution in [2.75, 3.05) is 17.7 Å². The van der Waals surface area contributed by atoms with E-state index in [0.717, 1.165) is 17.6 Å². The summed E-state index contributed by atoms with van der Waals surface area (Å²) in [5.74, 6) is 3.11. The Bertz CT molecular complexity index is 375. The topological polar surface area (TPSA) is 49.8 Å². The van der Waals surface area contributed by atoms with E-state index in [2.05, 4.69) is 41.4 Å². The van der Waals surface area contributed by atoms with Crippen molar-refractivity contribution in [2.24, 2.45) is 5.92 Å². The molecule has 0 bridgehead atoms. The SMILES string of the molecule is CNc1ncnc(NC2CC2C)c1C(C)C. The van der Waals surface area contributed by atoms with Crippen LogP contribution >= 0.6 is 0 Å². The van der Waals surface area contributed by atoms with E-state index in [-0.39, 0.29) is 0 Å². The normalized spacial score (nSPS) is 23.3. The molecule has 1 fully saturated rings. The molecule has 1 saturated carbocycles. The molecular formula is C12H20N4. The van der Waals surface area contributed by atoms with Gasteiger partial charge in [0.2, 0.25) is 0 Å². The summed E-state index contributed by atoms with van der Waals surface area (Å²) in [6.07, 6.45) is 2.86. The minimum Gasteiger partial charge on any atom is -0.373 e. The minimum atomic E-state index is 0.417. The molecule has 16 heavy (non-hydrogen) atoms. The highest BCUT2D eigenvalue weighted by atomic mass is 15.1. The zero-order valence-corrected chi connectivity index (χ0v) is 10.4. The van der Waals surface area contributed by atoms with E-state index in [1.165, 1.54) is 12.0 Å². The molecule has 88 valence electrons. The zero-order valence-electron chi connectivity index (χ0n) is 10.4. The van der Waals surface area contributed by atoms with E-state index in [1.807, 2.05) is 7.05 Å². The van der Waals surface area contributed by atoms with Gasteiger partial charge in [0.1, 0.15) is 18.0 Å². The van der Waals surface area contributed by atoms with E-state index >= 15 is 0 Å². The number of aromatic nitrogens is 2. The number of anilines is 2. The van der Waals surface area contributed by atoms with Crippen LogP contribution in [0.5, 0.6) is 0 Å². The molecular weight excluding hydrogens is 200 g/mol. The smallest absolute Gasteiger partial charge is 0.135 e. The molecule has 0 saturated heterocycles. The maximum absolute atomic E-state index is 4.36. The largest absolute Gasteiger partial charge is 0.373 e. The molecule has 1 aliphatic rings. The van der Waals surface area contributed by atoms with Crippen LogP contribution in [0.15, 0.2) is 6.33 Å². The predicted octanol–water partition coefficient (Wildman–Crippen LogP) is 2.46. The van der Waals surface area contributed by atoms with Crippen molar-refractivity contribution in [2.45, 2.75) is 39.2 Å². The van der Waals surface area contributed by atoms with Crippen molar-refractivity contribution in [3.05, 3.63) is 11.9 Å². The Morgan fingerprint density at radius 3 is 2.44 bits per heavy atom. The molecule has 2 N–H and O–H groups in total. The number of nitrogens with one attached hydrogen (secondary N) is 2. The molecule has 1 aromatic heterocycles. The molecule has 0 radical (unpaired) electrons. The van der Waals surface area contributed by atoms with Gasteiger partial charge >= 0.3 is 0 Å². The van der Waals surface area contributed by atoms with Crippen LogP contribution in [0.1, 0.15) is 38.7 Å². The van der Waals surface area contributed by atoms with Crippen LogP contribution in [0.3, 0.4) is 0 Å². The Kier molecular flexibility index (Phi) is 2.99. The standard InChI is InChI=1S/C12H20N4/c1-7(2)10-11(13-4)14-6-15-12(10)16-9-5-8(9)3/h6-9H,5H2,1-4H3,(H2,13,14,15,16). The first kappa shape index (κ1) is 11.2. The third kappa shape index (κ3) is 2.10. The Morgan fingerprint density at radius 2 is 1.94 bits per heavy atom. The summed E-state index contributed by atoms with van der Waals surface area (Å²) in [6.45, 7) is 6.59. The molecule has 1 aliphatic carbocycles. The van der Waals surface area contributed by atoms with Crippen LogP contribution < -0.4 is 10.6 Å². The first-order chi connectivity index (χ1) is 7.63. The summed E-state index contributed by atoms with van der Waals surface area (Å²) in [5, 5.41) is 6.63. The van der Waals surface area contributed by atoms with Crippen molar-refractivity contribution < 1.29 is 0 Å². The van der Waals surface area contributed by atoms with Gasteiger partial charge in [0.25, 0.3) is 0 Å². The highest BCUT2D eigenvalue weighted by Crippen LogP contribution is 2.35. The van der Waals surface area contributed by atoms with Crippen LogP contribution in [0.2, 0.25) is 0 Å². The number of rotatable bonds is 4. The van der Waals surface area contributed by atoms with Gasteiger partial charge in [-0.3, -0.25) is 0 Å². The maximum Gasteiger partial charge on any atom is 0.135 e. The van der Waals surface area contributed by atoms with Crippen molar-refractivity contribution in [3.8, 4) is 0 Å². The number of hydrogen-bond acceptors (Lipinski definition) is 4. The molecule has 0 spiro atoms. The van der Waals surface area contributed by atoms with Gasteiger partial charge in [-0.1, -0.05) is 20.8 Å². The van der Waals surface area contributed by atoms with E-state index in [0.29, 0.717) is 12.0 Å². The molecule has 2 atom stereocenters. The quantitative estimate of drug-likeness (QED) is 0.818. The fraction of sp³-hybridized carbons (Fsp3) is 0.667. The van der Waals surface area contributed by atoms with Crippen LogP contribution in [-0.2, 0) is 0 Å². The molecule has 2 unspecified atom stereocenters. The zero-order chi connectivity index (χ0) is 11.7. The third-order valence-corrected chi connectivity index (χ3v) is 3.13. The maximum atomic E-state index is 4.36. The molecule has 2 rings (SSSR count). The van der Waals surface area contributed by atoms with Gasteiger partial charge in [0.05, 0.1) is 0 Å². The Labute approximate surface area is 96.9 Å². The average molecular weight is 220 g/mol. The highest BCUT2D eigenvalue weighted by Gasteiger charge is 2.33. The number of hydrogen-bond donors (Lipinski definition) is 2. The molecule has 4 heteroatoms. The van der Waals surface area contributed by atoms with E-state index in [9.17, 15) is 0 Å². The second-order valence-electron chi connectivity index (χ2n) is 4.85. The molecule has 0 aromatic carbocycles. The summed E-state index contributed by atoms with van der Waals surface area (Å²) in [7, 11) is 1.90. The summed E-state index contributed by atoms with van der Waals surface area (Å²) in [6, 6.07) is 0.595. The third-order valence-electron chi connectivity index (χ3n) is 3.13. The average Bonchev–Trinajstić information content (AvgIpc) is 2.93. The van der Waals surface area contributed by atoms with Crippen LogP contribution in [0.4, 0.5) is 11.6 Å². The lowest BCUT2D eigenvalue weighted by molar-refractivity contribution is 0.840. The van der Waals surface area contributed by atoms with Gasteiger partial charge in [-0.2, -0.15) is 0 Å². The molecule has 4 nitrogen and oxygen atoms in total. The van der Waals surface area contributed by atoms with Gasteiger partial charge < -0.3 is 10.6 Å². The first-order valence-electron chi connectivity index (χ1n) is 5.92. The Balaban J connectivity index is 2.28. The lowest BCUT2D eigenvalue weighted by atomic mass is 10.0. The Hall–Kier alpha value is -1.32. The fourth-order valence-corrected chi connectivity index (χ4v) is 1.96. The minimum absolute atomic E-state index is 0.417. The van der Waals surface area contributed by atoms with Crippen molar-refractivity contribution in [3.63, 3.8) is 0 Å². The lowest BCUT2D eigenvalue weighted by Gasteiger charge is -2.16. The van der Waals surface area contributed by atoms with Gasteiger partial charge in [-0.15, -0.1) is 0 Å². The van der Waals surface area contributed by atoms with Gasteiger partial charge in [-0.25, -0.2) is 9.97 Å². The Morgan fingerprint density at radius 1 is 1.31 bits per heavy atom. The van der Waals surface area contributed by atoms with Crippen molar-refractivity contribution in [1.82, 2.24) is 9.97 Å². The summed E-state index contributed by atoms with van der Waals surface area (Å²) in [4.78, 5) is 8.62. The molecule has 0 aliphatic heterocycles. The van der Waals surface area contributed by atoms with Crippen LogP contribution in [0, 0.1) is 5.92 Å². The monoisotopic (exact) mass is 220 g/mol. The summed E-state index contributed by atoms with van der Waals surface area (Å²) >= 11 is 0. The second-order valence-corrected chi connectivity index (χ2v) is 4.85. The van der Waals surface area contributed by atoms with E-state index in [1.54, 1.807) is 6.33 Å². The first-order valence-corrected chi connectivity index (χ1v) is 5.92. The fourth-order valence-electron chi connectivity index (χ4n) is 1.96. The van der Waals surface area contributed by atoms with E-state index in [4.69, 9.17) is 0 Å². The second kappa shape index (κ2) is 4.28. The van der Waals surface area contributed by atoms with Crippen LogP contribution in [0.25, 0.3) is 0 Å². The van der Waals surface area contributed by atoms with Gasteiger partial charge in [0.15, 0.2) is 0 Å². The van der Waals surface area contributed by atoms with Gasteiger partial charge in [0, 0.05) is 18.7 Å². The summed E-state index contributed by atoms with van der Waals surface area (Å²) < 4.78 is 0. The highest BCUT2D eigenvalue weighted by molar-refractivity contribution is 5.59. The van der Waals surface area contributed by atoms with Crippen LogP contribution in [-0.4, -0.2) is 23.1 Å². The number of nitrogens with zero attached hydrogens (tertiary/aromatic N) is 2. The van der Waals surface area contributed by atoms with Gasteiger partial charge in [-0.05, 0) is 18.3 Å². The summed E-state index contributed by atoms with van der Waals surface area (Å²) in [5.41, 5.74) is 1.18. The molecule has 1 heterocycles. The predicted molar refractivity (Wildman–Crippen MR) is 66.9 cm³/mol. The molecule has 0 amide bonds. The van der Waals surface area contributed by atoms with Crippen molar-refractivity contribution in [1.29, 1.82) is 0 Å². The lowest BCUT2D eigenvalue weighted by Crippen LogP contribution is -2.11. The van der Waals surface area contributed by atoms with E-state index < -0.39 is 0 Å².